The Morgan fingerprint density at radius 3 is 2.48 bits per heavy atom. The number of rotatable bonds is 9. The van der Waals surface area contributed by atoms with Crippen LogP contribution in [-0.2, 0) is 24.5 Å². The molecule has 0 aromatic heterocycles. The highest BCUT2D eigenvalue weighted by molar-refractivity contribution is 7.86. The van der Waals surface area contributed by atoms with Crippen LogP contribution in [0.5, 0.6) is 11.5 Å². The van der Waals surface area contributed by atoms with Crippen molar-refractivity contribution in [3.05, 3.63) is 28.3 Å². The highest BCUT2D eigenvalue weighted by Gasteiger charge is 2.20. The van der Waals surface area contributed by atoms with Gasteiger partial charge in [-0.05, 0) is 25.0 Å². The molecule has 0 saturated heterocycles. The van der Waals surface area contributed by atoms with Crippen LogP contribution >= 0.6 is 0 Å². The predicted octanol–water partition coefficient (Wildman–Crippen LogP) is 1.14. The Kier molecular flexibility index (Phi) is 7.26. The van der Waals surface area contributed by atoms with E-state index in [1.54, 1.807) is 0 Å². The Morgan fingerprint density at radius 2 is 1.92 bits per heavy atom. The van der Waals surface area contributed by atoms with Crippen LogP contribution in [0.1, 0.15) is 26.2 Å². The highest BCUT2D eigenvalue weighted by atomic mass is 32.2. The average Bonchev–Trinajstić information content (AvgIpc) is 2.46. The summed E-state index contributed by atoms with van der Waals surface area (Å²) in [6, 6.07) is 3.07. The van der Waals surface area contributed by atoms with Crippen molar-refractivity contribution in [1.82, 2.24) is 0 Å². The van der Waals surface area contributed by atoms with E-state index in [-0.39, 0.29) is 31.6 Å². The number of hydrogen-bond donors (Lipinski definition) is 1. The highest BCUT2D eigenvalue weighted by Crippen LogP contribution is 2.29. The molecule has 0 radical (unpaired) electrons. The van der Waals surface area contributed by atoms with E-state index in [4.69, 9.17) is 9.47 Å². The van der Waals surface area contributed by atoms with Crippen LogP contribution in [0.2, 0.25) is 0 Å². The lowest BCUT2D eigenvalue weighted by molar-refractivity contribution is -0.757. The molecule has 11 nitrogen and oxygen atoms in total. The maximum absolute atomic E-state index is 11.7. The lowest BCUT2D eigenvalue weighted by Gasteiger charge is -2.10. The largest absolute Gasteiger partial charge is 0.427 e. The van der Waals surface area contributed by atoms with Crippen LogP contribution in [0.3, 0.4) is 0 Å². The van der Waals surface area contributed by atoms with E-state index < -0.39 is 37.8 Å². The van der Waals surface area contributed by atoms with Gasteiger partial charge in [-0.1, -0.05) is 0 Å². The summed E-state index contributed by atoms with van der Waals surface area (Å²) in [7, 11) is -4.74. The number of carbonyl (C=O) groups is 2. The summed E-state index contributed by atoms with van der Waals surface area (Å²) in [6.07, 6.45) is 0.268. The molecule has 0 aliphatic carbocycles. The molecular formula is C13H15NO10S. The summed E-state index contributed by atoms with van der Waals surface area (Å²) in [5.74, 6) is -2.11. The second kappa shape index (κ2) is 8.94. The van der Waals surface area contributed by atoms with E-state index in [2.05, 4.69) is 4.84 Å². The fourth-order valence-electron chi connectivity index (χ4n) is 1.69. The topological polar surface area (TPSA) is 159 Å². The Balaban J connectivity index is 2.75. The van der Waals surface area contributed by atoms with Crippen LogP contribution in [0.4, 0.5) is 0 Å². The Hall–Kier alpha value is -2.73. The number of esters is 2. The lowest BCUT2D eigenvalue weighted by Crippen LogP contribution is -2.12. The molecule has 0 saturated carbocycles. The van der Waals surface area contributed by atoms with Gasteiger partial charge in [0, 0.05) is 19.4 Å². The third kappa shape index (κ3) is 7.58. The Labute approximate surface area is 142 Å². The Bertz CT molecular complexity index is 758. The van der Waals surface area contributed by atoms with Crippen molar-refractivity contribution in [1.29, 1.82) is 0 Å². The quantitative estimate of drug-likeness (QED) is 0.165. The molecule has 0 bridgehead atoms. The molecule has 0 spiro atoms. The first-order valence-corrected chi connectivity index (χ1v) is 8.31. The molecule has 0 atom stereocenters. The van der Waals surface area contributed by atoms with E-state index in [9.17, 15) is 32.7 Å². The first-order valence-electron chi connectivity index (χ1n) is 6.87. The zero-order valence-electron chi connectivity index (χ0n) is 13.0. The van der Waals surface area contributed by atoms with Crippen LogP contribution in [0.25, 0.3) is 0 Å². The molecule has 0 amide bonds. The zero-order chi connectivity index (χ0) is 19.0. The molecule has 12 heteroatoms. The summed E-state index contributed by atoms with van der Waals surface area (Å²) in [6.45, 7) is 0.914. The maximum Gasteiger partial charge on any atom is 0.311 e. The first kappa shape index (κ1) is 20.3. The smallest absolute Gasteiger partial charge is 0.311 e. The normalized spacial score (nSPS) is 10.8. The zero-order valence-corrected chi connectivity index (χ0v) is 13.9. The molecule has 0 fully saturated rings. The minimum atomic E-state index is -4.74. The molecule has 0 aliphatic rings. The number of benzene rings is 1. The molecule has 25 heavy (non-hydrogen) atoms. The van der Waals surface area contributed by atoms with E-state index in [1.807, 2.05) is 0 Å². The monoisotopic (exact) mass is 377 g/mol. The van der Waals surface area contributed by atoms with Gasteiger partial charge in [-0.3, -0.25) is 14.1 Å². The van der Waals surface area contributed by atoms with Crippen molar-refractivity contribution in [2.24, 2.45) is 0 Å². The Morgan fingerprint density at radius 1 is 1.24 bits per heavy atom. The van der Waals surface area contributed by atoms with Crippen LogP contribution in [0, 0.1) is 10.1 Å². The molecule has 0 aliphatic heterocycles. The van der Waals surface area contributed by atoms with Crippen molar-refractivity contribution < 1.29 is 42.0 Å². The van der Waals surface area contributed by atoms with Crippen LogP contribution < -0.4 is 9.47 Å². The number of nitrogens with zero attached hydrogens (tertiary/aromatic N) is 1. The van der Waals surface area contributed by atoms with Gasteiger partial charge in [-0.15, -0.1) is 10.1 Å². The summed E-state index contributed by atoms with van der Waals surface area (Å²) in [5, 5.41) is 8.99. The summed E-state index contributed by atoms with van der Waals surface area (Å²) >= 11 is 0. The van der Waals surface area contributed by atoms with Crippen molar-refractivity contribution >= 4 is 22.1 Å². The summed E-state index contributed by atoms with van der Waals surface area (Å²) in [4.78, 5) is 35.8. The molecule has 1 aromatic carbocycles. The van der Waals surface area contributed by atoms with Crippen molar-refractivity contribution in [3.63, 3.8) is 0 Å². The third-order valence-corrected chi connectivity index (χ3v) is 3.53. The maximum atomic E-state index is 11.7. The molecule has 1 rings (SSSR count). The SMILES string of the molecule is CC(=O)Oc1ccc(OC(=O)CCCCO[N+](=O)[O-])c(S(=O)(=O)O)c1. The van der Waals surface area contributed by atoms with E-state index in [0.717, 1.165) is 19.1 Å². The van der Waals surface area contributed by atoms with Crippen molar-refractivity contribution in [3.8, 4) is 11.5 Å². The second-order valence-electron chi connectivity index (χ2n) is 4.67. The molecule has 138 valence electrons. The van der Waals surface area contributed by atoms with E-state index in [0.29, 0.717) is 0 Å². The van der Waals surface area contributed by atoms with Crippen molar-refractivity contribution in [2.75, 3.05) is 6.61 Å². The first-order chi connectivity index (χ1) is 11.6. The third-order valence-electron chi connectivity index (χ3n) is 2.65. The number of ether oxygens (including phenoxy) is 2. The average molecular weight is 377 g/mol. The summed E-state index contributed by atoms with van der Waals surface area (Å²) < 4.78 is 41.5. The number of unbranched alkanes of at least 4 members (excludes halogenated alkanes) is 1. The van der Waals surface area contributed by atoms with Gasteiger partial charge in [0.05, 0.1) is 6.61 Å². The van der Waals surface area contributed by atoms with Gasteiger partial charge in [0.25, 0.3) is 15.2 Å². The van der Waals surface area contributed by atoms with Gasteiger partial charge < -0.3 is 14.3 Å². The molecule has 0 unspecified atom stereocenters. The minimum Gasteiger partial charge on any atom is -0.427 e. The van der Waals surface area contributed by atoms with E-state index >= 15 is 0 Å². The number of hydrogen-bond acceptors (Lipinski definition) is 9. The van der Waals surface area contributed by atoms with Crippen molar-refractivity contribution in [2.45, 2.75) is 31.1 Å². The molecular weight excluding hydrogens is 362 g/mol. The molecule has 1 aromatic rings. The van der Waals surface area contributed by atoms with Gasteiger partial charge >= 0.3 is 11.9 Å². The van der Waals surface area contributed by atoms with E-state index in [1.165, 1.54) is 6.07 Å². The van der Waals surface area contributed by atoms with Gasteiger partial charge in [-0.2, -0.15) is 8.42 Å². The van der Waals surface area contributed by atoms with Gasteiger partial charge in [-0.25, -0.2) is 0 Å². The fourth-order valence-corrected chi connectivity index (χ4v) is 2.32. The van der Waals surface area contributed by atoms with Gasteiger partial charge in [0.2, 0.25) is 0 Å². The van der Waals surface area contributed by atoms with Gasteiger partial charge in [0.15, 0.2) is 5.75 Å². The molecule has 1 N–H and O–H groups in total. The number of carbonyl (C=O) groups excluding carboxylic acids is 2. The summed E-state index contributed by atoms with van der Waals surface area (Å²) in [5.41, 5.74) is 0. The minimum absolute atomic E-state index is 0.155. The molecule has 0 heterocycles. The second-order valence-corrected chi connectivity index (χ2v) is 6.06. The van der Waals surface area contributed by atoms with Crippen LogP contribution in [-0.4, -0.2) is 36.6 Å². The van der Waals surface area contributed by atoms with Crippen LogP contribution in [0.15, 0.2) is 23.1 Å². The lowest BCUT2D eigenvalue weighted by atomic mass is 10.2. The predicted molar refractivity (Wildman–Crippen MR) is 80.0 cm³/mol. The fraction of sp³-hybridized carbons (Fsp3) is 0.385. The standard InChI is InChI=1S/C13H15NO10S/c1-9(15)23-10-5-6-11(12(8-10)25(19,20)21)24-13(16)4-2-3-7-22-14(17)18/h5-6,8H,2-4,7H2,1H3,(H,19,20,21). The van der Waals surface area contributed by atoms with Gasteiger partial charge in [0.1, 0.15) is 10.6 Å².